The van der Waals surface area contributed by atoms with Crippen LogP contribution in [0.25, 0.3) is 22.5 Å². The maximum atomic E-state index is 12.6. The first-order valence-electron chi connectivity index (χ1n) is 13.2. The van der Waals surface area contributed by atoms with Gasteiger partial charge in [0.15, 0.2) is 29.9 Å². The number of anilines is 2. The standard InChI is InChI=1S/C28H26N6O7S4/c1-17-3-7-19(8-4-17)21-11-42-27(29-21)31-23(35)13-44(37,38)15-25-33-34-26(41-25)16-45(39,40)14-24(36)32-28-30-22(12-43-28)20-9-5-18(2)6-10-20/h3-12H,13-16H2,1-2H3,(H,29,31,35)(H,30,32,36). The van der Waals surface area contributed by atoms with Crippen molar-refractivity contribution in [3.8, 4) is 22.5 Å². The Bertz CT molecular complexity index is 1900. The summed E-state index contributed by atoms with van der Waals surface area (Å²) in [6.45, 7) is 3.92. The van der Waals surface area contributed by atoms with E-state index in [1.807, 2.05) is 62.4 Å². The number of nitrogens with one attached hydrogen (secondary N) is 2. The van der Waals surface area contributed by atoms with Crippen LogP contribution in [-0.4, -0.2) is 60.3 Å². The molecule has 0 bridgehead atoms. The molecule has 0 radical (unpaired) electrons. The van der Waals surface area contributed by atoms with Gasteiger partial charge < -0.3 is 15.1 Å². The Morgan fingerprint density at radius 1 is 0.667 bits per heavy atom. The maximum absolute atomic E-state index is 12.6. The van der Waals surface area contributed by atoms with Crippen molar-refractivity contribution in [2.45, 2.75) is 25.4 Å². The first kappa shape index (κ1) is 32.1. The summed E-state index contributed by atoms with van der Waals surface area (Å²) in [4.78, 5) is 33.5. The highest BCUT2D eigenvalue weighted by Gasteiger charge is 2.25. The fourth-order valence-corrected chi connectivity index (χ4v) is 7.57. The molecule has 0 aliphatic heterocycles. The molecule has 0 saturated heterocycles. The Balaban J connectivity index is 1.11. The minimum absolute atomic E-state index is 0.238. The molecular weight excluding hydrogens is 661 g/mol. The number of thiazole rings is 2. The molecule has 0 saturated carbocycles. The molecule has 3 heterocycles. The van der Waals surface area contributed by atoms with E-state index in [-0.39, 0.29) is 22.0 Å². The molecule has 0 atom stereocenters. The van der Waals surface area contributed by atoms with Crippen LogP contribution in [0.5, 0.6) is 0 Å². The van der Waals surface area contributed by atoms with Crippen LogP contribution in [0.2, 0.25) is 0 Å². The molecule has 17 heteroatoms. The second-order valence-corrected chi connectivity index (χ2v) is 15.9. The zero-order valence-corrected chi connectivity index (χ0v) is 27.1. The summed E-state index contributed by atoms with van der Waals surface area (Å²) >= 11 is 2.31. The van der Waals surface area contributed by atoms with Crippen LogP contribution < -0.4 is 10.6 Å². The molecule has 2 aromatic carbocycles. The summed E-state index contributed by atoms with van der Waals surface area (Å²) in [5.41, 5.74) is 5.16. The van der Waals surface area contributed by atoms with Gasteiger partial charge in [-0.15, -0.1) is 32.9 Å². The zero-order chi connectivity index (χ0) is 32.2. The average Bonchev–Trinajstić information content (AvgIpc) is 3.70. The molecule has 13 nitrogen and oxygen atoms in total. The molecule has 5 rings (SSSR count). The van der Waals surface area contributed by atoms with Crippen molar-refractivity contribution in [1.82, 2.24) is 20.2 Å². The number of amides is 2. The van der Waals surface area contributed by atoms with Crippen LogP contribution in [0.15, 0.2) is 63.7 Å². The van der Waals surface area contributed by atoms with E-state index in [1.54, 1.807) is 10.8 Å². The van der Waals surface area contributed by atoms with E-state index < -0.39 is 54.5 Å². The van der Waals surface area contributed by atoms with Crippen LogP contribution in [0.1, 0.15) is 22.9 Å². The number of rotatable bonds is 12. The van der Waals surface area contributed by atoms with E-state index in [2.05, 4.69) is 30.8 Å². The summed E-state index contributed by atoms with van der Waals surface area (Å²) in [6, 6.07) is 15.3. The van der Waals surface area contributed by atoms with E-state index in [0.717, 1.165) is 44.9 Å². The topological polar surface area (TPSA) is 191 Å². The van der Waals surface area contributed by atoms with Gasteiger partial charge in [0.05, 0.1) is 11.4 Å². The lowest BCUT2D eigenvalue weighted by Crippen LogP contribution is -2.24. The van der Waals surface area contributed by atoms with Gasteiger partial charge in [0.1, 0.15) is 23.0 Å². The number of sulfone groups is 2. The highest BCUT2D eigenvalue weighted by atomic mass is 32.2. The first-order valence-corrected chi connectivity index (χ1v) is 18.6. The number of hydrogen-bond acceptors (Lipinski definition) is 13. The summed E-state index contributed by atoms with van der Waals surface area (Å²) in [7, 11) is -8.12. The van der Waals surface area contributed by atoms with Crippen molar-refractivity contribution in [3.05, 3.63) is 82.2 Å². The quantitative estimate of drug-likeness (QED) is 0.193. The Labute approximate surface area is 266 Å². The van der Waals surface area contributed by atoms with E-state index >= 15 is 0 Å². The molecule has 0 spiro atoms. The zero-order valence-electron chi connectivity index (χ0n) is 23.9. The van der Waals surface area contributed by atoms with Crippen molar-refractivity contribution < 1.29 is 30.8 Å². The van der Waals surface area contributed by atoms with Crippen molar-refractivity contribution >= 4 is 64.4 Å². The highest BCUT2D eigenvalue weighted by molar-refractivity contribution is 7.91. The van der Waals surface area contributed by atoms with Crippen molar-refractivity contribution in [2.75, 3.05) is 22.1 Å². The summed E-state index contributed by atoms with van der Waals surface area (Å²) in [6.07, 6.45) is 0. The number of aromatic nitrogens is 4. The average molecular weight is 687 g/mol. The summed E-state index contributed by atoms with van der Waals surface area (Å²) in [5, 5.41) is 16.1. The van der Waals surface area contributed by atoms with Gasteiger partial charge in [-0.2, -0.15) is 0 Å². The third-order valence-electron chi connectivity index (χ3n) is 6.09. The molecule has 5 aromatic rings. The second-order valence-electron chi connectivity index (χ2n) is 10.1. The number of nitrogens with zero attached hydrogens (tertiary/aromatic N) is 4. The third-order valence-corrected chi connectivity index (χ3v) is 10.4. The molecule has 0 aliphatic rings. The third kappa shape index (κ3) is 9.10. The van der Waals surface area contributed by atoms with Crippen LogP contribution in [0.4, 0.5) is 10.3 Å². The lowest BCUT2D eigenvalue weighted by Gasteiger charge is -2.03. The number of benzene rings is 2. The lowest BCUT2D eigenvalue weighted by atomic mass is 10.1. The largest absolute Gasteiger partial charge is 0.423 e. The molecule has 0 fully saturated rings. The van der Waals surface area contributed by atoms with Gasteiger partial charge in [0.2, 0.25) is 23.6 Å². The second kappa shape index (κ2) is 13.4. The highest BCUT2D eigenvalue weighted by Crippen LogP contribution is 2.26. The molecule has 0 unspecified atom stereocenters. The van der Waals surface area contributed by atoms with Crippen LogP contribution in [0.3, 0.4) is 0 Å². The number of carbonyl (C=O) groups excluding carboxylic acids is 2. The molecule has 234 valence electrons. The van der Waals surface area contributed by atoms with Crippen molar-refractivity contribution in [1.29, 1.82) is 0 Å². The molecular formula is C28H26N6O7S4. The van der Waals surface area contributed by atoms with E-state index in [9.17, 15) is 26.4 Å². The first-order chi connectivity index (χ1) is 21.3. The van der Waals surface area contributed by atoms with E-state index in [4.69, 9.17) is 4.42 Å². The minimum Gasteiger partial charge on any atom is -0.423 e. The Kier molecular flexibility index (Phi) is 9.52. The van der Waals surface area contributed by atoms with Gasteiger partial charge in [0, 0.05) is 21.9 Å². The number of hydrogen-bond donors (Lipinski definition) is 2. The van der Waals surface area contributed by atoms with Crippen molar-refractivity contribution in [3.63, 3.8) is 0 Å². The van der Waals surface area contributed by atoms with Gasteiger partial charge in [0.25, 0.3) is 0 Å². The monoisotopic (exact) mass is 686 g/mol. The molecule has 2 N–H and O–H groups in total. The summed E-state index contributed by atoms with van der Waals surface area (Å²) < 4.78 is 55.6. The maximum Gasteiger partial charge on any atom is 0.241 e. The van der Waals surface area contributed by atoms with Crippen LogP contribution >= 0.6 is 22.7 Å². The Morgan fingerprint density at radius 2 is 1.04 bits per heavy atom. The normalized spacial score (nSPS) is 11.8. The van der Waals surface area contributed by atoms with E-state index in [1.165, 1.54) is 0 Å². The Hall–Kier alpha value is -4.32. The molecule has 2 amide bonds. The predicted molar refractivity (Wildman–Crippen MR) is 171 cm³/mol. The van der Waals surface area contributed by atoms with Crippen molar-refractivity contribution in [2.24, 2.45) is 0 Å². The van der Waals surface area contributed by atoms with Crippen LogP contribution in [-0.2, 0) is 40.8 Å². The minimum atomic E-state index is -4.06. The predicted octanol–water partition coefficient (Wildman–Crippen LogP) is 4.04. The lowest BCUT2D eigenvalue weighted by molar-refractivity contribution is -0.114. The summed E-state index contributed by atoms with van der Waals surface area (Å²) in [5.74, 6) is -5.73. The van der Waals surface area contributed by atoms with Crippen LogP contribution in [0, 0.1) is 13.8 Å². The molecule has 45 heavy (non-hydrogen) atoms. The number of aryl methyl sites for hydroxylation is 2. The van der Waals surface area contributed by atoms with E-state index in [0.29, 0.717) is 11.4 Å². The fraction of sp³-hybridized carbons (Fsp3) is 0.214. The Morgan fingerprint density at radius 3 is 1.42 bits per heavy atom. The van der Waals surface area contributed by atoms with Gasteiger partial charge in [-0.05, 0) is 13.8 Å². The van der Waals surface area contributed by atoms with Gasteiger partial charge in [-0.25, -0.2) is 26.8 Å². The van der Waals surface area contributed by atoms with Gasteiger partial charge in [-0.3, -0.25) is 9.59 Å². The SMILES string of the molecule is Cc1ccc(-c2csc(NC(=O)CS(=O)(=O)Cc3nnc(CS(=O)(=O)CC(=O)Nc4nc(-c5ccc(C)cc5)cs4)o3)n2)cc1. The van der Waals surface area contributed by atoms with Gasteiger partial charge in [-0.1, -0.05) is 59.7 Å². The number of carbonyl (C=O) groups is 2. The van der Waals surface area contributed by atoms with Gasteiger partial charge >= 0.3 is 0 Å². The smallest absolute Gasteiger partial charge is 0.241 e. The molecule has 3 aromatic heterocycles. The molecule has 0 aliphatic carbocycles. The fourth-order valence-electron chi connectivity index (χ4n) is 3.97.